The summed E-state index contributed by atoms with van der Waals surface area (Å²) in [5, 5.41) is 27.0. The minimum Gasteiger partial charge on any atom is -0.399 e. The van der Waals surface area contributed by atoms with Gasteiger partial charge in [0.15, 0.2) is 0 Å². The number of fused-ring (bicyclic) bond motifs is 4. The van der Waals surface area contributed by atoms with Gasteiger partial charge in [-0.05, 0) is 166 Å². The third kappa shape index (κ3) is 7.62. The summed E-state index contributed by atoms with van der Waals surface area (Å²) in [5.74, 6) is 0. The Kier molecular flexibility index (Phi) is 9.64. The summed E-state index contributed by atoms with van der Waals surface area (Å²) >= 11 is 0. The molecule has 0 amide bonds. The van der Waals surface area contributed by atoms with E-state index < -0.39 is 0 Å². The van der Waals surface area contributed by atoms with Crippen molar-refractivity contribution in [2.45, 2.75) is 0 Å². The number of nitrogens with one attached hydrogen (secondary N) is 2. The zero-order valence-electron chi connectivity index (χ0n) is 33.3. The van der Waals surface area contributed by atoms with E-state index in [1.165, 1.54) is 49.2 Å². The van der Waals surface area contributed by atoms with Gasteiger partial charge < -0.3 is 5.73 Å². The van der Waals surface area contributed by atoms with Gasteiger partial charge in [0.1, 0.15) is 0 Å². The first-order valence-electron chi connectivity index (χ1n) is 20.4. The number of pyridine rings is 1. The second kappa shape index (κ2) is 15.9. The van der Waals surface area contributed by atoms with E-state index >= 15 is 0 Å². The average Bonchev–Trinajstić information content (AvgIpc) is 3.32. The van der Waals surface area contributed by atoms with E-state index in [1.807, 2.05) is 42.5 Å². The highest BCUT2D eigenvalue weighted by Crippen LogP contribution is 2.34. The number of nitrogens with zero attached hydrogens (tertiary/aromatic N) is 1. The molecular weight excluding hydrogens is 741 g/mol. The molecule has 1 aromatic heterocycles. The van der Waals surface area contributed by atoms with Crippen LogP contribution in [0.5, 0.6) is 0 Å². The van der Waals surface area contributed by atoms with Crippen molar-refractivity contribution >= 4 is 71.3 Å². The molecule has 0 saturated heterocycles. The smallest absolute Gasteiger partial charge is 0.0867 e. The van der Waals surface area contributed by atoms with Crippen LogP contribution in [0, 0.1) is 10.8 Å². The third-order valence-corrected chi connectivity index (χ3v) is 11.6. The lowest BCUT2D eigenvalue weighted by Crippen LogP contribution is -2.15. The summed E-state index contributed by atoms with van der Waals surface area (Å²) in [6.45, 7) is 0. The fourth-order valence-corrected chi connectivity index (χ4v) is 8.19. The van der Waals surface area contributed by atoms with E-state index in [-0.39, 0.29) is 11.4 Å². The Morgan fingerprint density at radius 2 is 0.689 bits per heavy atom. The summed E-state index contributed by atoms with van der Waals surface area (Å²) in [5.41, 5.74) is 17.6. The van der Waals surface area contributed by atoms with E-state index in [0.29, 0.717) is 0 Å². The molecule has 0 saturated carbocycles. The maximum Gasteiger partial charge on any atom is 0.0867 e. The van der Waals surface area contributed by atoms with Crippen LogP contribution in [-0.4, -0.2) is 16.4 Å². The van der Waals surface area contributed by atoms with Crippen molar-refractivity contribution in [3.05, 3.63) is 230 Å². The van der Waals surface area contributed by atoms with E-state index in [0.717, 1.165) is 55.2 Å². The number of benzene rings is 9. The van der Waals surface area contributed by atoms with Gasteiger partial charge in [-0.1, -0.05) is 133 Å². The normalized spacial score (nSPS) is 12.6. The lowest BCUT2D eigenvalue weighted by Gasteiger charge is -2.18. The third-order valence-electron chi connectivity index (χ3n) is 11.6. The molecule has 1 aliphatic carbocycles. The maximum absolute atomic E-state index is 8.81. The van der Waals surface area contributed by atoms with Gasteiger partial charge in [-0.25, -0.2) is 0 Å². The Hall–Kier alpha value is -8.21. The van der Waals surface area contributed by atoms with Crippen molar-refractivity contribution in [2.75, 3.05) is 5.73 Å². The number of aromatic nitrogens is 1. The molecule has 4 nitrogen and oxygen atoms in total. The number of anilines is 1. The highest BCUT2D eigenvalue weighted by atomic mass is 14.6. The zero-order chi connectivity index (χ0) is 41.3. The Morgan fingerprint density at radius 3 is 1.20 bits per heavy atom. The van der Waals surface area contributed by atoms with Gasteiger partial charge >= 0.3 is 0 Å². The predicted molar refractivity (Wildman–Crippen MR) is 259 cm³/mol. The number of hydrogen-bond acceptors (Lipinski definition) is 4. The van der Waals surface area contributed by atoms with Gasteiger partial charge in [-0.2, -0.15) is 0 Å². The largest absolute Gasteiger partial charge is 0.399 e. The van der Waals surface area contributed by atoms with Crippen LogP contribution in [0.4, 0.5) is 5.69 Å². The molecule has 1 aliphatic rings. The molecule has 0 spiro atoms. The Balaban J connectivity index is 0.000000293. The number of hydrogen-bond donors (Lipinski definition) is 3. The van der Waals surface area contributed by atoms with Crippen molar-refractivity contribution in [1.82, 2.24) is 4.98 Å². The fourth-order valence-electron chi connectivity index (χ4n) is 8.19. The summed E-state index contributed by atoms with van der Waals surface area (Å²) in [4.78, 5) is 3.96. The number of nitrogen functional groups attached to an aromatic ring is 1. The van der Waals surface area contributed by atoms with Crippen LogP contribution < -0.4 is 5.73 Å². The molecule has 10 aromatic rings. The van der Waals surface area contributed by atoms with Crippen LogP contribution in [0.3, 0.4) is 0 Å². The second-order valence-electron chi connectivity index (χ2n) is 15.5. The molecule has 61 heavy (non-hydrogen) atoms. The predicted octanol–water partition coefficient (Wildman–Crippen LogP) is 14.5. The van der Waals surface area contributed by atoms with E-state index in [2.05, 4.69) is 169 Å². The van der Waals surface area contributed by atoms with Gasteiger partial charge in [0.05, 0.1) is 11.4 Å². The van der Waals surface area contributed by atoms with Gasteiger partial charge in [0.25, 0.3) is 0 Å². The molecule has 9 aromatic carbocycles. The van der Waals surface area contributed by atoms with E-state index in [4.69, 9.17) is 16.6 Å². The van der Waals surface area contributed by atoms with Crippen LogP contribution in [0.15, 0.2) is 219 Å². The highest BCUT2D eigenvalue weighted by Gasteiger charge is 2.19. The number of allylic oxidation sites excluding steroid dienone is 4. The maximum atomic E-state index is 8.81. The Morgan fingerprint density at radius 1 is 0.328 bits per heavy atom. The van der Waals surface area contributed by atoms with Gasteiger partial charge in [-0.3, -0.25) is 15.8 Å². The molecule has 0 fully saturated rings. The SMILES string of the molecule is N=C1C=C(c2ccc3cc(-c4ccc5ccccc5c4)ccc3c2)C=C(c2ccc3cc(-c4ccc5ccccc5c4)ccc3c2)C1=N.Nc1ccc(-c2ccncc2)cc1. The average molecular weight is 781 g/mol. The van der Waals surface area contributed by atoms with Crippen LogP contribution in [0.2, 0.25) is 0 Å². The van der Waals surface area contributed by atoms with E-state index in [1.54, 1.807) is 12.4 Å². The van der Waals surface area contributed by atoms with Crippen LogP contribution in [-0.2, 0) is 0 Å². The molecule has 288 valence electrons. The van der Waals surface area contributed by atoms with Crippen molar-refractivity contribution in [1.29, 1.82) is 10.8 Å². The first kappa shape index (κ1) is 37.1. The van der Waals surface area contributed by atoms with Gasteiger partial charge in [-0.15, -0.1) is 0 Å². The van der Waals surface area contributed by atoms with Crippen LogP contribution >= 0.6 is 0 Å². The van der Waals surface area contributed by atoms with Crippen molar-refractivity contribution in [2.24, 2.45) is 0 Å². The topological polar surface area (TPSA) is 86.6 Å². The van der Waals surface area contributed by atoms with Crippen molar-refractivity contribution in [3.8, 4) is 33.4 Å². The van der Waals surface area contributed by atoms with Crippen molar-refractivity contribution in [3.63, 3.8) is 0 Å². The number of nitrogens with two attached hydrogens (primary N) is 1. The molecular formula is C57H40N4. The zero-order valence-corrected chi connectivity index (χ0v) is 33.3. The first-order chi connectivity index (χ1) is 29.9. The molecule has 0 aliphatic heterocycles. The molecule has 0 atom stereocenters. The first-order valence-corrected chi connectivity index (χ1v) is 20.4. The molecule has 0 unspecified atom stereocenters. The molecule has 1 heterocycles. The highest BCUT2D eigenvalue weighted by molar-refractivity contribution is 6.61. The Bertz CT molecular complexity index is 3400. The Labute approximate surface area is 354 Å². The second-order valence-corrected chi connectivity index (χ2v) is 15.5. The molecule has 4 N–H and O–H groups in total. The van der Waals surface area contributed by atoms with Crippen LogP contribution in [0.25, 0.3) is 87.6 Å². The lowest BCUT2D eigenvalue weighted by molar-refractivity contribution is 1.33. The molecule has 0 radical (unpaired) electrons. The molecule has 4 heteroatoms. The summed E-state index contributed by atoms with van der Waals surface area (Å²) in [6, 6.07) is 67.9. The van der Waals surface area contributed by atoms with E-state index in [9.17, 15) is 0 Å². The summed E-state index contributed by atoms with van der Waals surface area (Å²) < 4.78 is 0. The van der Waals surface area contributed by atoms with Gasteiger partial charge in [0, 0.05) is 23.7 Å². The van der Waals surface area contributed by atoms with Gasteiger partial charge in [0.2, 0.25) is 0 Å². The molecule has 0 bridgehead atoms. The molecule has 11 rings (SSSR count). The fraction of sp³-hybridized carbons (Fsp3) is 0. The quantitative estimate of drug-likeness (QED) is 0.120. The lowest BCUT2D eigenvalue weighted by atomic mass is 9.86. The minimum atomic E-state index is 0.223. The minimum absolute atomic E-state index is 0.223. The van der Waals surface area contributed by atoms with Crippen molar-refractivity contribution < 1.29 is 0 Å². The standard InChI is InChI=1S/C46H30N2.C11H10N2/c47-45-28-43(41-18-17-37-23-35(13-14-38(37)25-41)33-11-9-29-5-1-3-7-31(29)21-33)27-44(46(45)48)42-20-19-39-24-36(15-16-40(39)26-42)34-12-10-30-6-2-4-8-32(30)22-34;12-11-3-1-9(2-4-11)10-5-7-13-8-6-10/h1-28,47-48H;1-8H,12H2. The summed E-state index contributed by atoms with van der Waals surface area (Å²) in [6.07, 6.45) is 7.44. The number of rotatable bonds is 5. The van der Waals surface area contributed by atoms with Crippen LogP contribution in [0.1, 0.15) is 11.1 Å². The summed E-state index contributed by atoms with van der Waals surface area (Å²) in [7, 11) is 0. The monoisotopic (exact) mass is 780 g/mol.